The Bertz CT molecular complexity index is 246. The van der Waals surface area contributed by atoms with Crippen LogP contribution in [0.3, 0.4) is 0 Å². The van der Waals surface area contributed by atoms with E-state index in [1.54, 1.807) is 0 Å². The number of rotatable bonds is 5. The van der Waals surface area contributed by atoms with Crippen molar-refractivity contribution in [3.05, 3.63) is 12.2 Å². The third-order valence-corrected chi connectivity index (χ3v) is 3.15. The van der Waals surface area contributed by atoms with Crippen molar-refractivity contribution in [2.75, 3.05) is 13.7 Å². The van der Waals surface area contributed by atoms with Crippen LogP contribution in [-0.4, -0.2) is 25.8 Å². The van der Waals surface area contributed by atoms with E-state index in [-0.39, 0.29) is 5.97 Å². The highest BCUT2D eigenvalue weighted by Crippen LogP contribution is 2.30. The maximum absolute atomic E-state index is 11.2. The van der Waals surface area contributed by atoms with Crippen molar-refractivity contribution in [1.29, 1.82) is 0 Å². The van der Waals surface area contributed by atoms with Gasteiger partial charge >= 0.3 is 5.97 Å². The van der Waals surface area contributed by atoms with Crippen LogP contribution in [0.2, 0.25) is 0 Å². The largest absolute Gasteiger partial charge is 0.466 e. The highest BCUT2D eigenvalue weighted by Gasteiger charge is 2.24. The topological polar surface area (TPSA) is 35.5 Å². The Morgan fingerprint density at radius 2 is 2.19 bits per heavy atom. The fraction of sp³-hybridized carbons (Fsp3) is 0.769. The molecule has 1 aliphatic rings. The molecule has 92 valence electrons. The van der Waals surface area contributed by atoms with Gasteiger partial charge in [-0.2, -0.15) is 0 Å². The summed E-state index contributed by atoms with van der Waals surface area (Å²) in [4.78, 5) is 11.2. The van der Waals surface area contributed by atoms with Gasteiger partial charge in [-0.05, 0) is 38.5 Å². The summed E-state index contributed by atoms with van der Waals surface area (Å²) in [6, 6.07) is 0. The zero-order valence-electron chi connectivity index (χ0n) is 10.3. The molecule has 1 aliphatic carbocycles. The van der Waals surface area contributed by atoms with Crippen LogP contribution < -0.4 is 0 Å². The van der Waals surface area contributed by atoms with E-state index in [0.29, 0.717) is 17.6 Å². The first-order valence-corrected chi connectivity index (χ1v) is 6.05. The lowest BCUT2D eigenvalue weighted by Crippen LogP contribution is -2.24. The molecule has 0 heterocycles. The molecule has 0 N–H and O–H groups in total. The van der Waals surface area contributed by atoms with Crippen LogP contribution in [0.15, 0.2) is 12.2 Å². The molecule has 0 aliphatic heterocycles. The van der Waals surface area contributed by atoms with Gasteiger partial charge in [0.15, 0.2) is 0 Å². The van der Waals surface area contributed by atoms with E-state index in [9.17, 15) is 4.79 Å². The first kappa shape index (κ1) is 13.2. The Morgan fingerprint density at radius 3 is 2.81 bits per heavy atom. The molecule has 1 rings (SSSR count). The van der Waals surface area contributed by atoms with Gasteiger partial charge < -0.3 is 9.47 Å². The summed E-state index contributed by atoms with van der Waals surface area (Å²) < 4.78 is 10.3. The molecule has 0 radical (unpaired) electrons. The average Bonchev–Trinajstić information content (AvgIpc) is 2.29. The monoisotopic (exact) mass is 226 g/mol. The molecule has 16 heavy (non-hydrogen) atoms. The van der Waals surface area contributed by atoms with Gasteiger partial charge in [0.1, 0.15) is 0 Å². The van der Waals surface area contributed by atoms with Crippen molar-refractivity contribution >= 4 is 5.97 Å². The van der Waals surface area contributed by atoms with E-state index in [1.807, 2.05) is 6.92 Å². The standard InChI is InChI=1S/C13H22O3/c1-4-16-12-7-5-6-11(9-12)8-10(2)13(14)15-3/h11-12H,2,4-9H2,1,3H3. The van der Waals surface area contributed by atoms with Crippen molar-refractivity contribution in [1.82, 2.24) is 0 Å². The molecule has 0 saturated heterocycles. The molecule has 0 aromatic carbocycles. The maximum Gasteiger partial charge on any atom is 0.333 e. The van der Waals surface area contributed by atoms with Crippen LogP contribution in [-0.2, 0) is 14.3 Å². The number of esters is 1. The second-order valence-electron chi connectivity index (χ2n) is 4.41. The van der Waals surface area contributed by atoms with Gasteiger partial charge in [-0.15, -0.1) is 0 Å². The Hall–Kier alpha value is -0.830. The molecule has 0 aromatic rings. The van der Waals surface area contributed by atoms with Crippen molar-refractivity contribution in [2.24, 2.45) is 5.92 Å². The van der Waals surface area contributed by atoms with Gasteiger partial charge in [0.25, 0.3) is 0 Å². The third kappa shape index (κ3) is 3.97. The molecule has 3 nitrogen and oxygen atoms in total. The molecular formula is C13H22O3. The van der Waals surface area contributed by atoms with Crippen LogP contribution in [0.25, 0.3) is 0 Å². The SMILES string of the molecule is C=C(CC1CCCC(OCC)C1)C(=O)OC. The predicted octanol–water partition coefficient (Wildman–Crippen LogP) is 2.70. The zero-order valence-corrected chi connectivity index (χ0v) is 10.3. The lowest BCUT2D eigenvalue weighted by molar-refractivity contribution is -0.136. The summed E-state index contributed by atoms with van der Waals surface area (Å²) in [5, 5.41) is 0. The highest BCUT2D eigenvalue weighted by molar-refractivity contribution is 5.87. The van der Waals surface area contributed by atoms with Gasteiger partial charge in [-0.3, -0.25) is 0 Å². The summed E-state index contributed by atoms with van der Waals surface area (Å²) in [7, 11) is 1.40. The van der Waals surface area contributed by atoms with E-state index in [2.05, 4.69) is 11.3 Å². The minimum absolute atomic E-state index is 0.279. The van der Waals surface area contributed by atoms with Gasteiger partial charge in [-0.1, -0.05) is 13.0 Å². The Kier molecular flexibility index (Phi) is 5.53. The summed E-state index contributed by atoms with van der Waals surface area (Å²) in [6.45, 7) is 6.57. The number of hydrogen-bond donors (Lipinski definition) is 0. The normalized spacial score (nSPS) is 25.1. The molecule has 2 unspecified atom stereocenters. The van der Waals surface area contributed by atoms with Crippen LogP contribution in [0.1, 0.15) is 39.0 Å². The molecule has 0 aromatic heterocycles. The molecule has 3 heteroatoms. The van der Waals surface area contributed by atoms with E-state index in [0.717, 1.165) is 25.9 Å². The van der Waals surface area contributed by atoms with Crippen molar-refractivity contribution in [2.45, 2.75) is 45.1 Å². The van der Waals surface area contributed by atoms with E-state index in [4.69, 9.17) is 4.74 Å². The van der Waals surface area contributed by atoms with Gasteiger partial charge in [0.2, 0.25) is 0 Å². The highest BCUT2D eigenvalue weighted by atomic mass is 16.5. The van der Waals surface area contributed by atoms with Crippen molar-refractivity contribution in [3.8, 4) is 0 Å². The lowest BCUT2D eigenvalue weighted by atomic mass is 9.83. The molecule has 1 fully saturated rings. The quantitative estimate of drug-likeness (QED) is 0.534. The second-order valence-corrected chi connectivity index (χ2v) is 4.41. The summed E-state index contributed by atoms with van der Waals surface area (Å²) in [6.07, 6.45) is 5.66. The fourth-order valence-corrected chi connectivity index (χ4v) is 2.39. The summed E-state index contributed by atoms with van der Waals surface area (Å²) >= 11 is 0. The number of methoxy groups -OCH3 is 1. The molecule has 2 atom stereocenters. The molecular weight excluding hydrogens is 204 g/mol. The average molecular weight is 226 g/mol. The minimum Gasteiger partial charge on any atom is -0.466 e. The first-order valence-electron chi connectivity index (χ1n) is 6.05. The first-order chi connectivity index (χ1) is 7.67. The number of carbonyl (C=O) groups is 1. The minimum atomic E-state index is -0.279. The van der Waals surface area contributed by atoms with Crippen LogP contribution in [0.5, 0.6) is 0 Å². The van der Waals surface area contributed by atoms with Gasteiger partial charge in [-0.25, -0.2) is 4.79 Å². The van der Waals surface area contributed by atoms with Crippen LogP contribution in [0, 0.1) is 5.92 Å². The van der Waals surface area contributed by atoms with Crippen LogP contribution >= 0.6 is 0 Å². The molecule has 0 amide bonds. The van der Waals surface area contributed by atoms with Crippen molar-refractivity contribution < 1.29 is 14.3 Å². The maximum atomic E-state index is 11.2. The fourth-order valence-electron chi connectivity index (χ4n) is 2.39. The summed E-state index contributed by atoms with van der Waals surface area (Å²) in [5.41, 5.74) is 0.588. The molecule has 1 saturated carbocycles. The predicted molar refractivity (Wildman–Crippen MR) is 63.1 cm³/mol. The Balaban J connectivity index is 2.36. The number of carbonyl (C=O) groups excluding carboxylic acids is 1. The second kappa shape index (κ2) is 6.69. The lowest BCUT2D eigenvalue weighted by Gasteiger charge is -2.29. The Morgan fingerprint density at radius 1 is 1.44 bits per heavy atom. The van der Waals surface area contributed by atoms with Crippen LogP contribution in [0.4, 0.5) is 0 Å². The third-order valence-electron chi connectivity index (χ3n) is 3.15. The number of ether oxygens (including phenoxy) is 2. The van der Waals surface area contributed by atoms with E-state index in [1.165, 1.54) is 20.0 Å². The molecule has 0 spiro atoms. The van der Waals surface area contributed by atoms with Crippen molar-refractivity contribution in [3.63, 3.8) is 0 Å². The smallest absolute Gasteiger partial charge is 0.333 e. The molecule has 0 bridgehead atoms. The van der Waals surface area contributed by atoms with Gasteiger partial charge in [0.05, 0.1) is 13.2 Å². The zero-order chi connectivity index (χ0) is 12.0. The van der Waals surface area contributed by atoms with E-state index >= 15 is 0 Å². The Labute approximate surface area is 97.8 Å². The van der Waals surface area contributed by atoms with Gasteiger partial charge in [0, 0.05) is 12.2 Å². The van der Waals surface area contributed by atoms with E-state index < -0.39 is 0 Å². The summed E-state index contributed by atoms with van der Waals surface area (Å²) in [5.74, 6) is 0.246. The number of hydrogen-bond acceptors (Lipinski definition) is 3.